The molecule has 2 aliphatic carbocycles. The van der Waals surface area contributed by atoms with E-state index in [0.717, 1.165) is 50.5 Å². The fourth-order valence-electron chi connectivity index (χ4n) is 22.4. The molecule has 1 aliphatic heterocycles. The van der Waals surface area contributed by atoms with E-state index in [1.54, 1.807) is 0 Å². The second kappa shape index (κ2) is 25.0. The molecule has 26 rings (SSSR count). The minimum atomic E-state index is -0.204. The summed E-state index contributed by atoms with van der Waals surface area (Å²) in [7, 11) is 0. The van der Waals surface area contributed by atoms with Crippen LogP contribution in [0, 0.1) is 0 Å². The molecule has 122 heavy (non-hydrogen) atoms. The summed E-state index contributed by atoms with van der Waals surface area (Å²) in [6.45, 7) is 14.4. The molecule has 0 N–H and O–H groups in total. The van der Waals surface area contributed by atoms with Gasteiger partial charge in [0, 0.05) is 92.9 Å². The summed E-state index contributed by atoms with van der Waals surface area (Å²) < 4.78 is 12.6. The van der Waals surface area contributed by atoms with Crippen LogP contribution in [-0.2, 0) is 16.2 Å². The van der Waals surface area contributed by atoms with Gasteiger partial charge in [0.1, 0.15) is 0 Å². The fourth-order valence-corrected chi connectivity index (χ4v) is 22.4. The normalized spacial score (nSPS) is 14.0. The zero-order valence-corrected chi connectivity index (χ0v) is 68.6. The van der Waals surface area contributed by atoms with Crippen LogP contribution in [0.15, 0.2) is 382 Å². The highest BCUT2D eigenvalue weighted by Gasteiger charge is 2.40. The van der Waals surface area contributed by atoms with Crippen LogP contribution in [0.1, 0.15) is 74.9 Å². The van der Waals surface area contributed by atoms with Crippen molar-refractivity contribution in [1.82, 2.24) is 22.8 Å². The summed E-state index contributed by atoms with van der Waals surface area (Å²) in [6, 6.07) is 145. The van der Waals surface area contributed by atoms with Gasteiger partial charge in [-0.25, -0.2) is 0 Å². The molecular formula is C117H81N5. The van der Waals surface area contributed by atoms with E-state index < -0.39 is 0 Å². The highest BCUT2D eigenvalue weighted by Crippen LogP contribution is 2.56. The molecule has 0 saturated carbocycles. The molecule has 6 heterocycles. The van der Waals surface area contributed by atoms with Crippen LogP contribution in [0.3, 0.4) is 0 Å². The van der Waals surface area contributed by atoms with Crippen molar-refractivity contribution < 1.29 is 0 Å². The van der Waals surface area contributed by atoms with Crippen LogP contribution in [0.25, 0.3) is 215 Å². The summed E-state index contributed by atoms with van der Waals surface area (Å²) in [6.07, 6.45) is 0. The first kappa shape index (κ1) is 69.0. The van der Waals surface area contributed by atoms with Crippen molar-refractivity contribution in [3.05, 3.63) is 416 Å². The van der Waals surface area contributed by atoms with Gasteiger partial charge >= 0.3 is 0 Å². The number of aromatic nitrogens is 5. The molecule has 5 heteroatoms. The number of hydrogen-bond donors (Lipinski definition) is 0. The molecule has 0 fully saturated rings. The average Bonchev–Trinajstić information content (AvgIpc) is 1.54. The quantitative estimate of drug-likeness (QED) is 0.138. The highest BCUT2D eigenvalue weighted by molar-refractivity contribution is 6.19. The molecule has 18 aromatic carbocycles. The maximum atomic E-state index is 2.56. The first-order valence-corrected chi connectivity index (χ1v) is 42.9. The minimum Gasteiger partial charge on any atom is -0.309 e. The molecule has 3 aliphatic rings. The van der Waals surface area contributed by atoms with Gasteiger partial charge < -0.3 is 22.8 Å². The summed E-state index contributed by atoms with van der Waals surface area (Å²) >= 11 is 0. The Bertz CT molecular complexity index is 8520. The fraction of sp³-hybridized carbons (Fsp3) is 0.0769. The zero-order chi connectivity index (χ0) is 80.9. The molecule has 0 radical (unpaired) electrons. The van der Waals surface area contributed by atoms with Crippen LogP contribution in [0.4, 0.5) is 0 Å². The van der Waals surface area contributed by atoms with E-state index in [9.17, 15) is 0 Å². The van der Waals surface area contributed by atoms with Gasteiger partial charge in [-0.05, 0) is 269 Å². The Hall–Kier alpha value is -15.0. The lowest BCUT2D eigenvalue weighted by Gasteiger charge is -2.34. The highest BCUT2D eigenvalue weighted by atomic mass is 15.0. The lowest BCUT2D eigenvalue weighted by atomic mass is 9.75. The first-order valence-electron chi connectivity index (χ1n) is 42.9. The zero-order valence-electron chi connectivity index (χ0n) is 68.6. The minimum absolute atomic E-state index is 0.140. The predicted octanol–water partition coefficient (Wildman–Crippen LogP) is 30.8. The van der Waals surface area contributed by atoms with E-state index in [0.29, 0.717) is 0 Å². The van der Waals surface area contributed by atoms with E-state index in [4.69, 9.17) is 0 Å². The molecule has 0 bridgehead atoms. The molecule has 23 aromatic rings. The largest absolute Gasteiger partial charge is 0.309 e. The van der Waals surface area contributed by atoms with E-state index in [1.807, 2.05) is 0 Å². The van der Waals surface area contributed by atoms with Crippen molar-refractivity contribution in [2.24, 2.45) is 0 Å². The summed E-state index contributed by atoms with van der Waals surface area (Å²) in [5.74, 6) is 0. The number of para-hydroxylation sites is 3. The van der Waals surface area contributed by atoms with Crippen LogP contribution in [0.2, 0.25) is 0 Å². The van der Waals surface area contributed by atoms with Crippen molar-refractivity contribution in [1.29, 1.82) is 0 Å². The first-order chi connectivity index (χ1) is 59.7. The standard InChI is InChI=1S/C117H81N5/c1-115(2)98-38-18-16-35-84(98)87-66-96-92-62-77(45-52-106(92)120(112(96)68-102(87)115)82-48-55-108-94(64-82)90-59-75(70-25-10-7-11-26-70)43-50-104(90)118(108)80-32-14-9-15-33-80)73-30-22-29-72(57-73)74-31-23-34-81(58-74)119-105-51-44-76(71-27-12-8-13-28-71)60-91(105)95-65-83(49-56-109(95)119)121-107-53-46-79(63-93(107)97-67-88-85-36-17-19-39-99(85)116(3,4)103(88)69-113(97)121)78-47-54-110-89(61-78)86-37-24-41-101-114(86)122(110)111-42-21-20-40-100(111)117(101,5)6/h7-69H,1-6H3. The maximum Gasteiger partial charge on any atom is 0.0582 e. The Morgan fingerprint density at radius 2 is 0.459 bits per heavy atom. The number of hydrogen-bond acceptors (Lipinski definition) is 0. The maximum absolute atomic E-state index is 2.56. The molecule has 5 aromatic heterocycles. The average molecular weight is 1560 g/mol. The lowest BCUT2D eigenvalue weighted by Crippen LogP contribution is -2.26. The van der Waals surface area contributed by atoms with E-state index in [1.165, 1.54) is 198 Å². The molecule has 0 amide bonds. The summed E-state index contributed by atoms with van der Waals surface area (Å²) in [5, 5.41) is 12.3. The Morgan fingerprint density at radius 1 is 0.156 bits per heavy atom. The van der Waals surface area contributed by atoms with Crippen molar-refractivity contribution in [2.45, 2.75) is 57.8 Å². The third-order valence-corrected chi connectivity index (χ3v) is 28.4. The van der Waals surface area contributed by atoms with Gasteiger partial charge in [0.25, 0.3) is 0 Å². The number of benzene rings is 18. The molecule has 0 spiro atoms. The molecule has 0 saturated heterocycles. The molecular weight excluding hydrogens is 1480 g/mol. The van der Waals surface area contributed by atoms with Crippen molar-refractivity contribution in [3.8, 4) is 106 Å². The van der Waals surface area contributed by atoms with Gasteiger partial charge in [-0.2, -0.15) is 0 Å². The van der Waals surface area contributed by atoms with Gasteiger partial charge in [-0.1, -0.05) is 266 Å². The second-order valence-corrected chi connectivity index (χ2v) is 36.0. The molecule has 0 atom stereocenters. The van der Waals surface area contributed by atoms with Gasteiger partial charge in [0.15, 0.2) is 0 Å². The van der Waals surface area contributed by atoms with Crippen LogP contribution >= 0.6 is 0 Å². The smallest absolute Gasteiger partial charge is 0.0582 e. The van der Waals surface area contributed by atoms with Crippen molar-refractivity contribution in [3.63, 3.8) is 0 Å². The SMILES string of the molecule is CC1(C)c2ccccc2-c2cc3c4cc(-c5cccc(-c6cccc(-n7c8ccc(-c9ccccc9)cc8c8cc(-n9c%10ccc(-c%11ccc%12c(c%11)c%11cccc%13c%11n%12-c%11ccccc%11C%13(C)C)cc%10c%10cc%11c(cc%109)C(C)(C)c9ccccc9-%11)ccc87)c6)c5)ccc4n(-c4ccc5c(c4)c4cc(-c6ccccc6)ccc4n5-c4ccccc4)c3cc21. The summed E-state index contributed by atoms with van der Waals surface area (Å²) in [4.78, 5) is 0. The van der Waals surface area contributed by atoms with E-state index in [-0.39, 0.29) is 16.2 Å². The number of fused-ring (bicyclic) bond motifs is 23. The Morgan fingerprint density at radius 3 is 0.943 bits per heavy atom. The predicted molar refractivity (Wildman–Crippen MR) is 513 cm³/mol. The van der Waals surface area contributed by atoms with E-state index >= 15 is 0 Å². The molecule has 0 unspecified atom stereocenters. The van der Waals surface area contributed by atoms with Gasteiger partial charge in [-0.3, -0.25) is 0 Å². The van der Waals surface area contributed by atoms with Crippen LogP contribution < -0.4 is 0 Å². The van der Waals surface area contributed by atoms with Crippen molar-refractivity contribution in [2.75, 3.05) is 0 Å². The number of nitrogens with zero attached hydrogens (tertiary/aromatic N) is 5. The number of rotatable bonds is 9. The summed E-state index contributed by atoms with van der Waals surface area (Å²) in [5.41, 5.74) is 42.4. The molecule has 574 valence electrons. The van der Waals surface area contributed by atoms with E-state index in [2.05, 4.69) is 447 Å². The van der Waals surface area contributed by atoms with Crippen LogP contribution in [0.5, 0.6) is 0 Å². The second-order valence-electron chi connectivity index (χ2n) is 36.0. The van der Waals surface area contributed by atoms with Crippen LogP contribution in [-0.4, -0.2) is 22.8 Å². The molecule has 5 nitrogen and oxygen atoms in total. The van der Waals surface area contributed by atoms with Crippen molar-refractivity contribution >= 4 is 109 Å². The van der Waals surface area contributed by atoms with Gasteiger partial charge in [0.2, 0.25) is 0 Å². The Kier molecular flexibility index (Phi) is 14.1. The van der Waals surface area contributed by atoms with Gasteiger partial charge in [0.05, 0.1) is 60.9 Å². The van der Waals surface area contributed by atoms with Gasteiger partial charge in [-0.15, -0.1) is 0 Å². The Labute approximate surface area is 706 Å². The topological polar surface area (TPSA) is 24.6 Å². The Balaban J connectivity index is 0.615. The third kappa shape index (κ3) is 9.64. The lowest BCUT2D eigenvalue weighted by molar-refractivity contribution is 0.630. The monoisotopic (exact) mass is 1560 g/mol. The third-order valence-electron chi connectivity index (χ3n) is 28.4.